The number of carbonyl (C=O) groups is 3. The van der Waals surface area contributed by atoms with E-state index in [1.54, 1.807) is 23.1 Å². The van der Waals surface area contributed by atoms with Crippen LogP contribution in [-0.4, -0.2) is 40.7 Å². The Hall–Kier alpha value is -3.09. The third kappa shape index (κ3) is 4.04. The Morgan fingerprint density at radius 3 is 2.79 bits per heavy atom. The Labute approximate surface area is 169 Å². The van der Waals surface area contributed by atoms with Gasteiger partial charge in [-0.05, 0) is 49.6 Å². The predicted octanol–water partition coefficient (Wildman–Crippen LogP) is 2.87. The smallest absolute Gasteiger partial charge is 0.290 e. The number of hydrogen-bond donors (Lipinski definition) is 2. The molecule has 1 aromatic carbocycles. The number of carbonyl (C=O) groups excluding carboxylic acids is 3. The maximum absolute atomic E-state index is 13.2. The lowest BCUT2D eigenvalue weighted by molar-refractivity contribution is -0.135. The number of fused-ring (bicyclic) bond motifs is 1. The molecule has 3 atom stereocenters. The fraction of sp³-hybridized carbons (Fsp3) is 0.409. The summed E-state index contributed by atoms with van der Waals surface area (Å²) in [5.74, 6) is -0.738. The first-order chi connectivity index (χ1) is 14.0. The lowest BCUT2D eigenvalue weighted by Gasteiger charge is -2.47. The minimum atomic E-state index is -0.864. The van der Waals surface area contributed by atoms with Crippen LogP contribution in [0.3, 0.4) is 0 Å². The minimum Gasteiger partial charge on any atom is -0.459 e. The van der Waals surface area contributed by atoms with Gasteiger partial charge < -0.3 is 20.0 Å². The van der Waals surface area contributed by atoms with Gasteiger partial charge >= 0.3 is 0 Å². The van der Waals surface area contributed by atoms with Gasteiger partial charge in [0.1, 0.15) is 6.04 Å². The van der Waals surface area contributed by atoms with Crippen molar-refractivity contribution in [2.24, 2.45) is 0 Å². The van der Waals surface area contributed by atoms with E-state index < -0.39 is 6.04 Å². The maximum atomic E-state index is 13.2. The number of aryl methyl sites for hydroxylation is 1. The van der Waals surface area contributed by atoms with Crippen LogP contribution < -0.4 is 10.6 Å². The van der Waals surface area contributed by atoms with Gasteiger partial charge in [-0.3, -0.25) is 14.4 Å². The third-order valence-corrected chi connectivity index (χ3v) is 5.70. The molecule has 29 heavy (non-hydrogen) atoms. The molecule has 2 aliphatic rings. The number of benzene rings is 1. The molecular weight excluding hydrogens is 370 g/mol. The van der Waals surface area contributed by atoms with Gasteiger partial charge in [0.15, 0.2) is 5.76 Å². The number of nitrogens with one attached hydrogen (secondary N) is 2. The Bertz CT molecular complexity index is 909. The molecular formula is C22H25N3O4. The van der Waals surface area contributed by atoms with E-state index >= 15 is 0 Å². The highest BCUT2D eigenvalue weighted by Gasteiger charge is 2.46. The second-order valence-corrected chi connectivity index (χ2v) is 7.79. The average Bonchev–Trinajstić information content (AvgIpc) is 3.23. The number of amides is 3. The van der Waals surface area contributed by atoms with E-state index in [0.29, 0.717) is 5.69 Å². The fourth-order valence-electron chi connectivity index (χ4n) is 4.37. The van der Waals surface area contributed by atoms with Crippen LogP contribution in [0.15, 0.2) is 47.1 Å². The molecule has 0 bridgehead atoms. The van der Waals surface area contributed by atoms with Gasteiger partial charge in [-0.25, -0.2) is 0 Å². The molecule has 1 saturated heterocycles. The van der Waals surface area contributed by atoms with Crippen LogP contribution >= 0.6 is 0 Å². The summed E-state index contributed by atoms with van der Waals surface area (Å²) in [4.78, 5) is 40.3. The highest BCUT2D eigenvalue weighted by Crippen LogP contribution is 2.31. The number of anilines is 1. The molecule has 0 unspecified atom stereocenters. The zero-order valence-electron chi connectivity index (χ0n) is 16.4. The van der Waals surface area contributed by atoms with Crippen molar-refractivity contribution in [2.75, 3.05) is 5.32 Å². The molecule has 7 heteroatoms. The molecule has 1 aliphatic heterocycles. The van der Waals surface area contributed by atoms with E-state index in [1.807, 2.05) is 25.1 Å². The van der Waals surface area contributed by atoms with Crippen LogP contribution in [0.25, 0.3) is 0 Å². The second kappa shape index (κ2) is 8.11. The summed E-state index contributed by atoms with van der Waals surface area (Å²) in [6, 6.07) is 9.63. The molecule has 0 radical (unpaired) electrons. The summed E-state index contributed by atoms with van der Waals surface area (Å²) in [5.41, 5.74) is 1.70. The number of furan rings is 1. The Balaban J connectivity index is 1.57. The molecule has 7 nitrogen and oxygen atoms in total. The zero-order valence-corrected chi connectivity index (χ0v) is 16.4. The van der Waals surface area contributed by atoms with Gasteiger partial charge in [0.2, 0.25) is 11.8 Å². The van der Waals surface area contributed by atoms with E-state index in [0.717, 1.165) is 31.2 Å². The largest absolute Gasteiger partial charge is 0.459 e. The summed E-state index contributed by atoms with van der Waals surface area (Å²) < 4.78 is 5.30. The Kier molecular flexibility index (Phi) is 5.38. The van der Waals surface area contributed by atoms with E-state index in [4.69, 9.17) is 4.42 Å². The van der Waals surface area contributed by atoms with Crippen molar-refractivity contribution >= 4 is 23.4 Å². The van der Waals surface area contributed by atoms with Gasteiger partial charge in [0.05, 0.1) is 18.7 Å². The minimum absolute atomic E-state index is 0.0775. The van der Waals surface area contributed by atoms with Crippen molar-refractivity contribution < 1.29 is 18.8 Å². The Morgan fingerprint density at radius 1 is 1.21 bits per heavy atom. The van der Waals surface area contributed by atoms with Gasteiger partial charge in [0.25, 0.3) is 5.91 Å². The first-order valence-electron chi connectivity index (χ1n) is 10.1. The van der Waals surface area contributed by atoms with Crippen molar-refractivity contribution in [1.82, 2.24) is 10.2 Å². The van der Waals surface area contributed by atoms with Crippen LogP contribution in [0.4, 0.5) is 5.69 Å². The van der Waals surface area contributed by atoms with Crippen LogP contribution in [-0.2, 0) is 9.59 Å². The number of piperazine rings is 1. The van der Waals surface area contributed by atoms with Crippen molar-refractivity contribution in [3.63, 3.8) is 0 Å². The average molecular weight is 395 g/mol. The zero-order chi connectivity index (χ0) is 20.4. The lowest BCUT2D eigenvalue weighted by atomic mass is 9.85. The van der Waals surface area contributed by atoms with Crippen LogP contribution in [0.2, 0.25) is 0 Å². The van der Waals surface area contributed by atoms with Gasteiger partial charge in [-0.2, -0.15) is 0 Å². The molecule has 1 aromatic heterocycles. The highest BCUT2D eigenvalue weighted by atomic mass is 16.3. The van der Waals surface area contributed by atoms with Crippen LogP contribution in [0, 0.1) is 6.92 Å². The second-order valence-electron chi connectivity index (χ2n) is 7.79. The molecule has 2 N–H and O–H groups in total. The first kappa shape index (κ1) is 19.2. The molecule has 1 saturated carbocycles. The molecule has 3 amide bonds. The van der Waals surface area contributed by atoms with E-state index in [-0.39, 0.29) is 42.0 Å². The molecule has 4 rings (SSSR count). The van der Waals surface area contributed by atoms with Gasteiger partial charge in [-0.1, -0.05) is 25.0 Å². The summed E-state index contributed by atoms with van der Waals surface area (Å²) in [6.07, 6.45) is 4.97. The quantitative estimate of drug-likeness (QED) is 0.833. The van der Waals surface area contributed by atoms with Gasteiger partial charge in [0, 0.05) is 11.7 Å². The summed E-state index contributed by atoms with van der Waals surface area (Å²) in [6.45, 7) is 1.94. The van der Waals surface area contributed by atoms with Crippen LogP contribution in [0.5, 0.6) is 0 Å². The number of hydrogen-bond acceptors (Lipinski definition) is 4. The van der Waals surface area contributed by atoms with Crippen molar-refractivity contribution in [3.05, 3.63) is 54.0 Å². The first-order valence-corrected chi connectivity index (χ1v) is 10.1. The third-order valence-electron chi connectivity index (χ3n) is 5.70. The molecule has 0 spiro atoms. The molecule has 1 aliphatic carbocycles. The molecule has 2 aromatic rings. The van der Waals surface area contributed by atoms with E-state index in [2.05, 4.69) is 10.6 Å². The topological polar surface area (TPSA) is 91.7 Å². The molecule has 2 fully saturated rings. The summed E-state index contributed by atoms with van der Waals surface area (Å²) in [7, 11) is 0. The number of rotatable bonds is 4. The van der Waals surface area contributed by atoms with Crippen molar-refractivity contribution in [2.45, 2.75) is 57.2 Å². The monoisotopic (exact) mass is 395 g/mol. The normalized spacial score (nSPS) is 23.8. The summed E-state index contributed by atoms with van der Waals surface area (Å²) in [5, 5.41) is 5.87. The summed E-state index contributed by atoms with van der Waals surface area (Å²) >= 11 is 0. The highest BCUT2D eigenvalue weighted by molar-refractivity contribution is 6.00. The van der Waals surface area contributed by atoms with Crippen molar-refractivity contribution in [1.29, 1.82) is 0 Å². The Morgan fingerprint density at radius 2 is 2.03 bits per heavy atom. The maximum Gasteiger partial charge on any atom is 0.290 e. The standard InChI is InChI=1S/C22H25N3O4/c1-14-6-4-7-15(12-14)23-20(26)13-18-21(27)24-16-8-2-3-9-17(16)25(18)22(28)19-10-5-11-29-19/h4-7,10-12,16-18H,2-3,8-9,13H2,1H3,(H,23,26)(H,24,27)/t16-,17+,18+/m0/s1. The number of nitrogens with zero attached hydrogens (tertiary/aromatic N) is 1. The molecule has 2 heterocycles. The molecule has 152 valence electrons. The van der Waals surface area contributed by atoms with E-state index in [1.165, 1.54) is 6.26 Å². The van der Waals surface area contributed by atoms with E-state index in [9.17, 15) is 14.4 Å². The van der Waals surface area contributed by atoms with Crippen molar-refractivity contribution in [3.8, 4) is 0 Å². The fourth-order valence-corrected chi connectivity index (χ4v) is 4.37. The van der Waals surface area contributed by atoms with Gasteiger partial charge in [-0.15, -0.1) is 0 Å². The van der Waals surface area contributed by atoms with Crippen LogP contribution in [0.1, 0.15) is 48.2 Å². The SMILES string of the molecule is Cc1cccc(NC(=O)C[C@@H]2C(=O)N[C@H]3CCCC[C@H]3N2C(=O)c2ccco2)c1. The lowest BCUT2D eigenvalue weighted by Crippen LogP contribution is -2.68. The predicted molar refractivity (Wildman–Crippen MR) is 107 cm³/mol.